The Morgan fingerprint density at radius 1 is 0.844 bits per heavy atom. The zero-order valence-electron chi connectivity index (χ0n) is 17.5. The van der Waals surface area contributed by atoms with Gasteiger partial charge in [0.15, 0.2) is 6.61 Å². The van der Waals surface area contributed by atoms with Crippen molar-refractivity contribution in [2.24, 2.45) is 0 Å². The number of nitrogens with one attached hydrogen (secondary N) is 2. The SMILES string of the molecule is COc1ccccc1NC(=O)c1ccc(NC(=O)COc2ccc(OCCO)cc2)cc1. The quantitative estimate of drug-likeness (QED) is 0.450. The van der Waals surface area contributed by atoms with Crippen molar-refractivity contribution in [3.05, 3.63) is 78.4 Å². The van der Waals surface area contributed by atoms with Gasteiger partial charge in [-0.3, -0.25) is 9.59 Å². The number of carbonyl (C=O) groups excluding carboxylic acids is 2. The molecule has 166 valence electrons. The van der Waals surface area contributed by atoms with Crippen LogP contribution in [-0.4, -0.2) is 43.9 Å². The maximum absolute atomic E-state index is 12.5. The van der Waals surface area contributed by atoms with Gasteiger partial charge in [-0.05, 0) is 60.7 Å². The molecule has 0 aliphatic rings. The number of ether oxygens (including phenoxy) is 3. The molecule has 0 aliphatic heterocycles. The van der Waals surface area contributed by atoms with Gasteiger partial charge in [0.25, 0.3) is 11.8 Å². The van der Waals surface area contributed by atoms with E-state index in [0.29, 0.717) is 34.2 Å². The second-order valence-electron chi connectivity index (χ2n) is 6.61. The smallest absolute Gasteiger partial charge is 0.262 e. The lowest BCUT2D eigenvalue weighted by Crippen LogP contribution is -2.20. The largest absolute Gasteiger partial charge is 0.495 e. The molecular weight excluding hydrogens is 412 g/mol. The van der Waals surface area contributed by atoms with E-state index in [9.17, 15) is 9.59 Å². The van der Waals surface area contributed by atoms with E-state index in [4.69, 9.17) is 19.3 Å². The van der Waals surface area contributed by atoms with Crippen LogP contribution in [-0.2, 0) is 4.79 Å². The standard InChI is InChI=1S/C24H24N2O6/c1-30-22-5-3-2-4-21(22)26-24(29)17-6-8-18(9-7-17)25-23(28)16-32-20-12-10-19(11-13-20)31-15-14-27/h2-13,27H,14-16H2,1H3,(H,25,28)(H,26,29). The van der Waals surface area contributed by atoms with Crippen LogP contribution in [0.25, 0.3) is 0 Å². The molecule has 2 amide bonds. The van der Waals surface area contributed by atoms with Crippen molar-refractivity contribution in [3.8, 4) is 17.2 Å². The molecule has 0 fully saturated rings. The van der Waals surface area contributed by atoms with Gasteiger partial charge in [-0.1, -0.05) is 12.1 Å². The first-order valence-electron chi connectivity index (χ1n) is 9.90. The Balaban J connectivity index is 1.49. The second-order valence-corrected chi connectivity index (χ2v) is 6.61. The fourth-order valence-corrected chi connectivity index (χ4v) is 2.79. The molecule has 8 heteroatoms. The van der Waals surface area contributed by atoms with Crippen molar-refractivity contribution < 1.29 is 28.9 Å². The van der Waals surface area contributed by atoms with E-state index in [1.54, 1.807) is 66.7 Å². The van der Waals surface area contributed by atoms with Crippen LogP contribution in [0.15, 0.2) is 72.8 Å². The van der Waals surface area contributed by atoms with Crippen molar-refractivity contribution >= 4 is 23.2 Å². The molecular formula is C24H24N2O6. The molecule has 0 aromatic heterocycles. The van der Waals surface area contributed by atoms with Crippen LogP contribution in [0.1, 0.15) is 10.4 Å². The highest BCUT2D eigenvalue weighted by Gasteiger charge is 2.10. The van der Waals surface area contributed by atoms with E-state index in [0.717, 1.165) is 0 Å². The first kappa shape index (κ1) is 22.6. The summed E-state index contributed by atoms with van der Waals surface area (Å²) in [4.78, 5) is 24.6. The van der Waals surface area contributed by atoms with Crippen LogP contribution < -0.4 is 24.8 Å². The van der Waals surface area contributed by atoms with Crippen LogP contribution in [0, 0.1) is 0 Å². The summed E-state index contributed by atoms with van der Waals surface area (Å²) >= 11 is 0. The first-order chi connectivity index (χ1) is 15.6. The third-order valence-corrected chi connectivity index (χ3v) is 4.34. The molecule has 0 spiro atoms. The number of aliphatic hydroxyl groups excluding tert-OH is 1. The number of amides is 2. The van der Waals surface area contributed by atoms with Crippen molar-refractivity contribution in [3.63, 3.8) is 0 Å². The highest BCUT2D eigenvalue weighted by molar-refractivity contribution is 6.05. The lowest BCUT2D eigenvalue weighted by atomic mass is 10.2. The lowest BCUT2D eigenvalue weighted by Gasteiger charge is -2.11. The summed E-state index contributed by atoms with van der Waals surface area (Å²) in [5.41, 5.74) is 1.55. The van der Waals surface area contributed by atoms with Gasteiger partial charge >= 0.3 is 0 Å². The number of benzene rings is 3. The Labute approximate surface area is 185 Å². The molecule has 3 rings (SSSR count). The maximum Gasteiger partial charge on any atom is 0.262 e. The minimum absolute atomic E-state index is 0.0636. The predicted molar refractivity (Wildman–Crippen MR) is 121 cm³/mol. The molecule has 0 unspecified atom stereocenters. The third kappa shape index (κ3) is 6.48. The highest BCUT2D eigenvalue weighted by atomic mass is 16.5. The molecule has 0 aliphatic carbocycles. The Hall–Kier alpha value is -4.04. The predicted octanol–water partition coefficient (Wildman–Crippen LogP) is 3.34. The Bertz CT molecular complexity index is 1040. The number of hydrogen-bond donors (Lipinski definition) is 3. The molecule has 0 atom stereocenters. The van der Waals surface area contributed by atoms with Gasteiger partial charge in [0, 0.05) is 11.3 Å². The van der Waals surface area contributed by atoms with Crippen LogP contribution >= 0.6 is 0 Å². The average molecular weight is 436 g/mol. The molecule has 32 heavy (non-hydrogen) atoms. The number of methoxy groups -OCH3 is 1. The van der Waals surface area contributed by atoms with Crippen molar-refractivity contribution in [2.45, 2.75) is 0 Å². The molecule has 3 aromatic carbocycles. The minimum atomic E-state index is -0.336. The number of hydrogen-bond acceptors (Lipinski definition) is 6. The molecule has 3 aromatic rings. The van der Waals surface area contributed by atoms with E-state index in [2.05, 4.69) is 10.6 Å². The molecule has 3 N–H and O–H groups in total. The molecule has 0 bridgehead atoms. The van der Waals surface area contributed by atoms with Crippen LogP contribution in [0.4, 0.5) is 11.4 Å². The van der Waals surface area contributed by atoms with Gasteiger partial charge in [0.1, 0.15) is 23.9 Å². The average Bonchev–Trinajstić information content (AvgIpc) is 2.83. The Morgan fingerprint density at radius 2 is 1.50 bits per heavy atom. The Kier molecular flexibility index (Phi) is 8.05. The number of aliphatic hydroxyl groups is 1. The van der Waals surface area contributed by atoms with E-state index < -0.39 is 0 Å². The van der Waals surface area contributed by atoms with Gasteiger partial charge in [0.05, 0.1) is 19.4 Å². The minimum Gasteiger partial charge on any atom is -0.495 e. The Morgan fingerprint density at radius 3 is 2.16 bits per heavy atom. The third-order valence-electron chi connectivity index (χ3n) is 4.34. The summed E-state index contributed by atoms with van der Waals surface area (Å²) < 4.78 is 16.0. The van der Waals surface area contributed by atoms with E-state index in [1.807, 2.05) is 6.07 Å². The summed E-state index contributed by atoms with van der Waals surface area (Å²) in [5.74, 6) is 1.06. The number of carbonyl (C=O) groups is 2. The normalized spacial score (nSPS) is 10.2. The molecule has 0 heterocycles. The number of rotatable bonds is 10. The monoisotopic (exact) mass is 436 g/mol. The molecule has 0 radical (unpaired) electrons. The van der Waals surface area contributed by atoms with Crippen LogP contribution in [0.3, 0.4) is 0 Å². The zero-order valence-corrected chi connectivity index (χ0v) is 17.5. The lowest BCUT2D eigenvalue weighted by molar-refractivity contribution is -0.118. The van der Waals surface area contributed by atoms with Crippen LogP contribution in [0.2, 0.25) is 0 Å². The highest BCUT2D eigenvalue weighted by Crippen LogP contribution is 2.24. The van der Waals surface area contributed by atoms with Crippen LogP contribution in [0.5, 0.6) is 17.2 Å². The van der Waals surface area contributed by atoms with Gasteiger partial charge in [0.2, 0.25) is 0 Å². The molecule has 0 saturated carbocycles. The van der Waals surface area contributed by atoms with Crippen molar-refractivity contribution in [1.82, 2.24) is 0 Å². The number of anilines is 2. The van der Waals surface area contributed by atoms with Crippen molar-refractivity contribution in [2.75, 3.05) is 37.6 Å². The summed E-state index contributed by atoms with van der Waals surface area (Å²) in [5, 5.41) is 14.3. The second kappa shape index (κ2) is 11.4. The van der Waals surface area contributed by atoms with Gasteiger partial charge < -0.3 is 30.0 Å². The van der Waals surface area contributed by atoms with E-state index in [1.165, 1.54) is 7.11 Å². The summed E-state index contributed by atoms with van der Waals surface area (Å²) in [6.07, 6.45) is 0. The zero-order chi connectivity index (χ0) is 22.8. The maximum atomic E-state index is 12.5. The molecule has 0 saturated heterocycles. The summed E-state index contributed by atoms with van der Waals surface area (Å²) in [7, 11) is 1.54. The van der Waals surface area contributed by atoms with E-state index >= 15 is 0 Å². The summed E-state index contributed by atoms with van der Waals surface area (Å²) in [6.45, 7) is -0.0256. The van der Waals surface area contributed by atoms with Gasteiger partial charge in [-0.2, -0.15) is 0 Å². The topological polar surface area (TPSA) is 106 Å². The first-order valence-corrected chi connectivity index (χ1v) is 9.90. The number of para-hydroxylation sites is 2. The van der Waals surface area contributed by atoms with Gasteiger partial charge in [-0.25, -0.2) is 0 Å². The summed E-state index contributed by atoms with van der Waals surface area (Å²) in [6, 6.07) is 20.4. The molecule has 8 nitrogen and oxygen atoms in total. The fourth-order valence-electron chi connectivity index (χ4n) is 2.79. The van der Waals surface area contributed by atoms with E-state index in [-0.39, 0.29) is 31.6 Å². The van der Waals surface area contributed by atoms with Crippen molar-refractivity contribution in [1.29, 1.82) is 0 Å². The van der Waals surface area contributed by atoms with Gasteiger partial charge in [-0.15, -0.1) is 0 Å². The fraction of sp³-hybridized carbons (Fsp3) is 0.167.